The highest BCUT2D eigenvalue weighted by Gasteiger charge is 2.42. The number of halogens is 1. The van der Waals surface area contributed by atoms with E-state index >= 15 is 0 Å². The van der Waals surface area contributed by atoms with Crippen molar-refractivity contribution < 1.29 is 9.53 Å². The molecule has 0 aromatic carbocycles. The molecule has 0 aromatic heterocycles. The van der Waals surface area contributed by atoms with E-state index in [-0.39, 0.29) is 17.0 Å². The van der Waals surface area contributed by atoms with Crippen LogP contribution in [0.5, 0.6) is 0 Å². The molecule has 0 radical (unpaired) electrons. The van der Waals surface area contributed by atoms with Crippen LogP contribution in [-0.4, -0.2) is 16.9 Å². The van der Waals surface area contributed by atoms with Gasteiger partial charge in [0.2, 0.25) is 0 Å². The second kappa shape index (κ2) is 4.21. The summed E-state index contributed by atoms with van der Waals surface area (Å²) < 4.78 is 5.45. The van der Waals surface area contributed by atoms with Gasteiger partial charge in [0.05, 0.1) is 5.41 Å². The minimum atomic E-state index is -0.366. The van der Waals surface area contributed by atoms with Gasteiger partial charge >= 0.3 is 5.97 Å². The van der Waals surface area contributed by atoms with Gasteiger partial charge < -0.3 is 4.74 Å². The zero-order chi connectivity index (χ0) is 10.8. The number of hydrogen-bond acceptors (Lipinski definition) is 2. The van der Waals surface area contributed by atoms with Crippen LogP contribution in [0.15, 0.2) is 0 Å². The summed E-state index contributed by atoms with van der Waals surface area (Å²) in [5, 5.41) is 0.731. The number of ether oxygens (including phenoxy) is 1. The molecule has 1 saturated carbocycles. The molecule has 1 rings (SSSR count). The van der Waals surface area contributed by atoms with Crippen molar-refractivity contribution >= 4 is 21.9 Å². The first kappa shape index (κ1) is 12.0. The molecule has 1 aliphatic rings. The summed E-state index contributed by atoms with van der Waals surface area (Å²) in [6.45, 7) is 5.76. The van der Waals surface area contributed by atoms with Gasteiger partial charge in [-0.15, -0.1) is 0 Å². The van der Waals surface area contributed by atoms with E-state index in [9.17, 15) is 4.79 Å². The third-order valence-electron chi connectivity index (χ3n) is 2.65. The minimum absolute atomic E-state index is 0.0284. The van der Waals surface area contributed by atoms with E-state index in [1.54, 1.807) is 0 Å². The zero-order valence-electron chi connectivity index (χ0n) is 9.23. The van der Waals surface area contributed by atoms with Crippen molar-refractivity contribution in [3.63, 3.8) is 0 Å². The van der Waals surface area contributed by atoms with Gasteiger partial charge in [-0.05, 0) is 33.6 Å². The van der Waals surface area contributed by atoms with Crippen LogP contribution in [0, 0.1) is 5.41 Å². The maximum Gasteiger partial charge on any atom is 0.313 e. The average Bonchev–Trinajstić information content (AvgIpc) is 2.49. The maximum absolute atomic E-state index is 12.0. The number of esters is 1. The Morgan fingerprint density at radius 1 is 1.36 bits per heavy atom. The Morgan fingerprint density at radius 3 is 2.21 bits per heavy atom. The maximum atomic E-state index is 12.0. The normalized spacial score (nSPS) is 20.9. The molecule has 2 nitrogen and oxygen atoms in total. The van der Waals surface area contributed by atoms with Crippen LogP contribution < -0.4 is 0 Å². The van der Waals surface area contributed by atoms with Gasteiger partial charge in [0.1, 0.15) is 5.60 Å². The summed E-state index contributed by atoms with van der Waals surface area (Å²) in [5.74, 6) is -0.0284. The Morgan fingerprint density at radius 2 is 1.86 bits per heavy atom. The van der Waals surface area contributed by atoms with Gasteiger partial charge in [0.25, 0.3) is 0 Å². The van der Waals surface area contributed by atoms with E-state index in [4.69, 9.17) is 4.74 Å². The quantitative estimate of drug-likeness (QED) is 0.564. The van der Waals surface area contributed by atoms with Gasteiger partial charge in [0.15, 0.2) is 0 Å². The summed E-state index contributed by atoms with van der Waals surface area (Å²) in [7, 11) is 0. The first-order valence-corrected chi connectivity index (χ1v) is 6.31. The van der Waals surface area contributed by atoms with Crippen LogP contribution in [0.1, 0.15) is 46.5 Å². The number of alkyl halides is 1. The molecule has 0 unspecified atom stereocenters. The molecular formula is C11H19BrO2. The number of rotatable bonds is 2. The molecule has 3 heteroatoms. The molecule has 0 aliphatic heterocycles. The molecule has 82 valence electrons. The summed E-state index contributed by atoms with van der Waals surface area (Å²) in [6.07, 6.45) is 4.22. The highest BCUT2D eigenvalue weighted by molar-refractivity contribution is 9.09. The number of hydrogen-bond donors (Lipinski definition) is 0. The van der Waals surface area contributed by atoms with Crippen LogP contribution in [-0.2, 0) is 9.53 Å². The first-order valence-electron chi connectivity index (χ1n) is 5.19. The molecule has 0 N–H and O–H groups in total. The van der Waals surface area contributed by atoms with E-state index in [2.05, 4.69) is 15.9 Å². The second-order valence-electron chi connectivity index (χ2n) is 5.12. The van der Waals surface area contributed by atoms with E-state index in [1.165, 1.54) is 0 Å². The molecule has 0 bridgehead atoms. The predicted octanol–water partition coefficient (Wildman–Crippen LogP) is 3.28. The Balaban J connectivity index is 2.66. The van der Waals surface area contributed by atoms with Crippen LogP contribution in [0.3, 0.4) is 0 Å². The summed E-state index contributed by atoms with van der Waals surface area (Å²) in [4.78, 5) is 12.0. The Bertz CT molecular complexity index is 212. The minimum Gasteiger partial charge on any atom is -0.460 e. The van der Waals surface area contributed by atoms with E-state index in [0.29, 0.717) is 0 Å². The predicted molar refractivity (Wildman–Crippen MR) is 60.5 cm³/mol. The fraction of sp³-hybridized carbons (Fsp3) is 0.909. The molecule has 0 aromatic rings. The molecule has 0 atom stereocenters. The van der Waals surface area contributed by atoms with Crippen molar-refractivity contribution in [3.8, 4) is 0 Å². The van der Waals surface area contributed by atoms with E-state index in [1.807, 2.05) is 20.8 Å². The van der Waals surface area contributed by atoms with Crippen LogP contribution in [0.25, 0.3) is 0 Å². The number of carbonyl (C=O) groups is 1. The average molecular weight is 263 g/mol. The summed E-state index contributed by atoms with van der Waals surface area (Å²) in [5.41, 5.74) is -0.609. The van der Waals surface area contributed by atoms with Crippen molar-refractivity contribution in [1.82, 2.24) is 0 Å². The second-order valence-corrected chi connectivity index (χ2v) is 5.68. The molecule has 1 aliphatic carbocycles. The van der Waals surface area contributed by atoms with Crippen LogP contribution in [0.4, 0.5) is 0 Å². The third-order valence-corrected chi connectivity index (χ3v) is 3.72. The van der Waals surface area contributed by atoms with Crippen LogP contribution in [0.2, 0.25) is 0 Å². The van der Waals surface area contributed by atoms with Gasteiger partial charge in [-0.25, -0.2) is 0 Å². The van der Waals surface area contributed by atoms with Crippen molar-refractivity contribution in [3.05, 3.63) is 0 Å². The Kier molecular flexibility index (Phi) is 3.62. The lowest BCUT2D eigenvalue weighted by atomic mass is 9.89. The molecule has 14 heavy (non-hydrogen) atoms. The third kappa shape index (κ3) is 2.72. The lowest BCUT2D eigenvalue weighted by Crippen LogP contribution is -2.37. The van der Waals surface area contributed by atoms with Gasteiger partial charge in [-0.1, -0.05) is 28.8 Å². The van der Waals surface area contributed by atoms with Crippen molar-refractivity contribution in [2.45, 2.75) is 52.1 Å². The summed E-state index contributed by atoms with van der Waals surface area (Å²) in [6, 6.07) is 0. The molecule has 1 fully saturated rings. The lowest BCUT2D eigenvalue weighted by Gasteiger charge is -2.29. The molecule has 0 saturated heterocycles. The fourth-order valence-corrected chi connectivity index (χ4v) is 2.62. The largest absolute Gasteiger partial charge is 0.460 e. The topological polar surface area (TPSA) is 26.3 Å². The lowest BCUT2D eigenvalue weighted by molar-refractivity contribution is -0.165. The van der Waals surface area contributed by atoms with Gasteiger partial charge in [-0.2, -0.15) is 0 Å². The molecule has 0 spiro atoms. The highest BCUT2D eigenvalue weighted by Crippen LogP contribution is 2.41. The fourth-order valence-electron chi connectivity index (χ4n) is 1.83. The standard InChI is InChI=1S/C11H19BrO2/c1-10(2,3)14-9(13)11(8-12)6-4-5-7-11/h4-8H2,1-3H3. The SMILES string of the molecule is CC(C)(C)OC(=O)C1(CBr)CCCC1. The first-order chi connectivity index (χ1) is 6.40. The van der Waals surface area contributed by atoms with Gasteiger partial charge in [-0.3, -0.25) is 4.79 Å². The smallest absolute Gasteiger partial charge is 0.313 e. The van der Waals surface area contributed by atoms with Crippen molar-refractivity contribution in [2.24, 2.45) is 5.41 Å². The van der Waals surface area contributed by atoms with Crippen LogP contribution >= 0.6 is 15.9 Å². The molecule has 0 heterocycles. The van der Waals surface area contributed by atoms with E-state index < -0.39 is 0 Å². The Hall–Kier alpha value is -0.0500. The number of carbonyl (C=O) groups excluding carboxylic acids is 1. The summed E-state index contributed by atoms with van der Waals surface area (Å²) >= 11 is 3.44. The monoisotopic (exact) mass is 262 g/mol. The zero-order valence-corrected chi connectivity index (χ0v) is 10.8. The highest BCUT2D eigenvalue weighted by atomic mass is 79.9. The van der Waals surface area contributed by atoms with Crippen molar-refractivity contribution in [1.29, 1.82) is 0 Å². The Labute approximate surface area is 94.5 Å². The molecular weight excluding hydrogens is 244 g/mol. The van der Waals surface area contributed by atoms with Gasteiger partial charge in [0, 0.05) is 5.33 Å². The van der Waals surface area contributed by atoms with Crippen molar-refractivity contribution in [2.75, 3.05) is 5.33 Å². The van der Waals surface area contributed by atoms with E-state index in [0.717, 1.165) is 31.0 Å². The molecule has 0 amide bonds.